The van der Waals surface area contributed by atoms with Crippen molar-refractivity contribution in [3.05, 3.63) is 84.6 Å². The quantitative estimate of drug-likeness (QED) is 0.652. The molecule has 1 unspecified atom stereocenters. The normalized spacial score (nSPS) is 16.1. The van der Waals surface area contributed by atoms with Crippen LogP contribution in [0.2, 0.25) is 0 Å². The van der Waals surface area contributed by atoms with E-state index >= 15 is 0 Å². The number of likely N-dealkylation sites (tertiary alicyclic amines) is 1. The summed E-state index contributed by atoms with van der Waals surface area (Å²) in [6, 6.07) is 22.8. The Bertz CT molecular complexity index is 994. The fourth-order valence-electron chi connectivity index (χ4n) is 3.52. The number of hydrogen-bond acceptors (Lipinski definition) is 4. The molecule has 30 heavy (non-hydrogen) atoms. The summed E-state index contributed by atoms with van der Waals surface area (Å²) in [5, 5.41) is 3.87. The molecule has 4 rings (SSSR count). The summed E-state index contributed by atoms with van der Waals surface area (Å²) in [5.41, 5.74) is 1.43. The van der Waals surface area contributed by atoms with E-state index in [2.05, 4.69) is 10.3 Å². The summed E-state index contributed by atoms with van der Waals surface area (Å²) in [6.45, 7) is 1.13. The minimum absolute atomic E-state index is 0.0263. The number of carbonyl (C=O) groups excluding carboxylic acids is 2. The number of piperidine rings is 1. The molecule has 0 aliphatic carbocycles. The Labute approximate surface area is 180 Å². The zero-order chi connectivity index (χ0) is 20.8. The average Bonchev–Trinajstić information content (AvgIpc) is 2.80. The molecule has 2 heterocycles. The van der Waals surface area contributed by atoms with Gasteiger partial charge >= 0.3 is 0 Å². The highest BCUT2D eigenvalue weighted by Crippen LogP contribution is 2.26. The highest BCUT2D eigenvalue weighted by atomic mass is 32.2. The lowest BCUT2D eigenvalue weighted by molar-refractivity contribution is -0.121. The number of hydrogen-bond donors (Lipinski definition) is 1. The first kappa shape index (κ1) is 20.2. The summed E-state index contributed by atoms with van der Waals surface area (Å²) in [6.07, 6.45) is 3.38. The average molecular weight is 418 g/mol. The number of pyridine rings is 1. The predicted molar refractivity (Wildman–Crippen MR) is 119 cm³/mol. The summed E-state index contributed by atoms with van der Waals surface area (Å²) >= 11 is 1.56. The Morgan fingerprint density at radius 2 is 1.73 bits per heavy atom. The van der Waals surface area contributed by atoms with Crippen molar-refractivity contribution in [2.75, 3.05) is 18.4 Å². The maximum atomic E-state index is 13.0. The van der Waals surface area contributed by atoms with Gasteiger partial charge in [0.1, 0.15) is 5.03 Å². The third-order valence-electron chi connectivity index (χ3n) is 5.08. The highest BCUT2D eigenvalue weighted by Gasteiger charge is 2.29. The summed E-state index contributed by atoms with van der Waals surface area (Å²) in [4.78, 5) is 32.7. The van der Waals surface area contributed by atoms with Crippen LogP contribution in [0.5, 0.6) is 0 Å². The van der Waals surface area contributed by atoms with Crippen LogP contribution >= 0.6 is 11.8 Å². The summed E-state index contributed by atoms with van der Waals surface area (Å²) in [7, 11) is 0. The molecule has 1 saturated heterocycles. The Hall–Kier alpha value is -3.12. The van der Waals surface area contributed by atoms with Gasteiger partial charge in [0.05, 0.1) is 5.92 Å². The number of amides is 2. The second-order valence-corrected chi connectivity index (χ2v) is 8.33. The van der Waals surface area contributed by atoms with E-state index in [1.165, 1.54) is 0 Å². The molecular weight excluding hydrogens is 394 g/mol. The van der Waals surface area contributed by atoms with Crippen molar-refractivity contribution in [3.8, 4) is 0 Å². The SMILES string of the molecule is O=C(Nc1ccccc1)C1CCCN(C(=O)c2ccc(Sc3ccccn3)cc2)C1. The van der Waals surface area contributed by atoms with Crippen molar-refractivity contribution in [2.24, 2.45) is 5.92 Å². The van der Waals surface area contributed by atoms with Gasteiger partial charge in [-0.3, -0.25) is 9.59 Å². The Kier molecular flexibility index (Phi) is 6.44. The van der Waals surface area contributed by atoms with Crippen molar-refractivity contribution in [2.45, 2.75) is 22.8 Å². The molecular formula is C24H23N3O2S. The van der Waals surface area contributed by atoms with E-state index in [9.17, 15) is 9.59 Å². The van der Waals surface area contributed by atoms with Crippen LogP contribution < -0.4 is 5.32 Å². The maximum absolute atomic E-state index is 13.0. The van der Waals surface area contributed by atoms with Crippen molar-refractivity contribution in [1.29, 1.82) is 0 Å². The molecule has 152 valence electrons. The molecule has 1 aromatic heterocycles. The molecule has 1 atom stereocenters. The van der Waals surface area contributed by atoms with Crippen LogP contribution in [0.4, 0.5) is 5.69 Å². The first-order valence-electron chi connectivity index (χ1n) is 10.0. The van der Waals surface area contributed by atoms with Gasteiger partial charge in [0, 0.05) is 35.4 Å². The molecule has 3 aromatic rings. The summed E-state index contributed by atoms with van der Waals surface area (Å²) < 4.78 is 0. The van der Waals surface area contributed by atoms with Crippen LogP contribution in [0.3, 0.4) is 0 Å². The molecule has 0 spiro atoms. The minimum atomic E-state index is -0.193. The van der Waals surface area contributed by atoms with Gasteiger partial charge in [-0.2, -0.15) is 0 Å². The number of benzene rings is 2. The highest BCUT2D eigenvalue weighted by molar-refractivity contribution is 7.99. The Morgan fingerprint density at radius 1 is 0.967 bits per heavy atom. The van der Waals surface area contributed by atoms with E-state index in [1.807, 2.05) is 72.8 Å². The molecule has 0 bridgehead atoms. The molecule has 6 heteroatoms. The zero-order valence-electron chi connectivity index (χ0n) is 16.5. The first-order chi connectivity index (χ1) is 14.7. The first-order valence-corrected chi connectivity index (χ1v) is 10.8. The molecule has 1 N–H and O–H groups in total. The second kappa shape index (κ2) is 9.59. The van der Waals surface area contributed by atoms with Gasteiger partial charge in [0.15, 0.2) is 0 Å². The number of aromatic nitrogens is 1. The maximum Gasteiger partial charge on any atom is 0.253 e. The topological polar surface area (TPSA) is 62.3 Å². The van der Waals surface area contributed by atoms with Gasteiger partial charge in [0.25, 0.3) is 5.91 Å². The third kappa shape index (κ3) is 5.07. The Balaban J connectivity index is 1.37. The third-order valence-corrected chi connectivity index (χ3v) is 6.04. The van der Waals surface area contributed by atoms with Gasteiger partial charge in [-0.15, -0.1) is 0 Å². The minimum Gasteiger partial charge on any atom is -0.338 e. The van der Waals surface area contributed by atoms with E-state index in [-0.39, 0.29) is 17.7 Å². The van der Waals surface area contributed by atoms with E-state index in [0.29, 0.717) is 18.7 Å². The van der Waals surface area contributed by atoms with Gasteiger partial charge in [-0.05, 0) is 61.4 Å². The van der Waals surface area contributed by atoms with Gasteiger partial charge < -0.3 is 10.2 Å². The fourth-order valence-corrected chi connectivity index (χ4v) is 4.29. The van der Waals surface area contributed by atoms with Crippen LogP contribution in [0, 0.1) is 5.92 Å². The van der Waals surface area contributed by atoms with E-state index in [1.54, 1.807) is 22.9 Å². The van der Waals surface area contributed by atoms with Gasteiger partial charge in [-0.1, -0.05) is 36.0 Å². The van der Waals surface area contributed by atoms with Crippen molar-refractivity contribution >= 4 is 29.3 Å². The lowest BCUT2D eigenvalue weighted by atomic mass is 9.96. The molecule has 1 aliphatic heterocycles. The number of nitrogens with one attached hydrogen (secondary N) is 1. The van der Waals surface area contributed by atoms with Gasteiger partial charge in [-0.25, -0.2) is 4.98 Å². The van der Waals surface area contributed by atoms with Crippen LogP contribution in [-0.4, -0.2) is 34.8 Å². The Morgan fingerprint density at radius 3 is 2.47 bits per heavy atom. The van der Waals surface area contributed by atoms with Crippen LogP contribution in [0.1, 0.15) is 23.2 Å². The van der Waals surface area contributed by atoms with E-state index in [0.717, 1.165) is 28.5 Å². The number of nitrogens with zero attached hydrogens (tertiary/aromatic N) is 2. The monoisotopic (exact) mass is 417 g/mol. The number of anilines is 1. The molecule has 0 radical (unpaired) electrons. The molecule has 0 saturated carbocycles. The molecule has 2 amide bonds. The number of carbonyl (C=O) groups is 2. The standard InChI is InChI=1S/C24H23N3O2S/c28-23(26-20-8-2-1-3-9-20)19-7-6-16-27(17-19)24(29)18-11-13-21(14-12-18)30-22-10-4-5-15-25-22/h1-5,8-15,19H,6-7,16-17H2,(H,26,28). The largest absolute Gasteiger partial charge is 0.338 e. The molecule has 1 fully saturated rings. The number of para-hydroxylation sites is 1. The lowest BCUT2D eigenvalue weighted by Crippen LogP contribution is -2.43. The summed E-state index contributed by atoms with van der Waals surface area (Å²) in [5.74, 6) is -0.246. The van der Waals surface area contributed by atoms with Crippen LogP contribution in [0.25, 0.3) is 0 Å². The van der Waals surface area contributed by atoms with E-state index < -0.39 is 0 Å². The fraction of sp³-hybridized carbons (Fsp3) is 0.208. The smallest absolute Gasteiger partial charge is 0.253 e. The predicted octanol–water partition coefficient (Wildman–Crippen LogP) is 4.72. The molecule has 1 aliphatic rings. The van der Waals surface area contributed by atoms with Crippen molar-refractivity contribution < 1.29 is 9.59 Å². The van der Waals surface area contributed by atoms with Crippen LogP contribution in [-0.2, 0) is 4.79 Å². The zero-order valence-corrected chi connectivity index (χ0v) is 17.3. The van der Waals surface area contributed by atoms with Crippen molar-refractivity contribution in [1.82, 2.24) is 9.88 Å². The van der Waals surface area contributed by atoms with Gasteiger partial charge in [0.2, 0.25) is 5.91 Å². The van der Waals surface area contributed by atoms with E-state index in [4.69, 9.17) is 0 Å². The number of rotatable bonds is 5. The van der Waals surface area contributed by atoms with Crippen molar-refractivity contribution in [3.63, 3.8) is 0 Å². The molecule has 5 nitrogen and oxygen atoms in total. The molecule has 2 aromatic carbocycles. The second-order valence-electron chi connectivity index (χ2n) is 7.24. The lowest BCUT2D eigenvalue weighted by Gasteiger charge is -2.32. The van der Waals surface area contributed by atoms with Crippen LogP contribution in [0.15, 0.2) is 88.9 Å².